The van der Waals surface area contributed by atoms with E-state index in [0.717, 1.165) is 0 Å². The molecule has 0 spiro atoms. The Morgan fingerprint density at radius 3 is 0.857 bits per heavy atom. The van der Waals surface area contributed by atoms with Gasteiger partial charge in [0.15, 0.2) is 0 Å². The summed E-state index contributed by atoms with van der Waals surface area (Å²) in [7, 11) is -5.61. The van der Waals surface area contributed by atoms with E-state index in [1.165, 1.54) is 0 Å². The second-order valence-corrected chi connectivity index (χ2v) is 1.50. The van der Waals surface area contributed by atoms with Crippen LogP contribution in [0.15, 0.2) is 0 Å². The van der Waals surface area contributed by atoms with Crippen LogP contribution in [0, 0.1) is 49.4 Å². The summed E-state index contributed by atoms with van der Waals surface area (Å²) in [6.45, 7) is 0. The third-order valence-corrected chi connectivity index (χ3v) is 0. The molecule has 0 heterocycles. The Balaban J connectivity index is -0.0000000800. The molecule has 4 nitrogen and oxygen atoms in total. The predicted octanol–water partition coefficient (Wildman–Crippen LogP) is -5.52. The van der Waals surface area contributed by atoms with E-state index < -0.39 is 9.05 Å². The van der Waals surface area contributed by atoms with E-state index in [0.29, 0.717) is 0 Å². The van der Waals surface area contributed by atoms with Crippen LogP contribution in [0.2, 0.25) is 0 Å². The van der Waals surface area contributed by atoms with Gasteiger partial charge in [0, 0.05) is 0 Å². The minimum atomic E-state index is -5.61. The molecule has 0 aromatic rings. The maximum Gasteiger partial charge on any atom is 3.00 e. The summed E-state index contributed by atoms with van der Waals surface area (Å²) < 4.78 is 0. The molecule has 7 heteroatoms. The Kier molecular flexibility index (Phi) is 17.2. The normalized spacial score (nSPS) is 8.57. The van der Waals surface area contributed by atoms with Crippen LogP contribution in [0.1, 0.15) is 0 Å². The van der Waals surface area contributed by atoms with Crippen molar-refractivity contribution in [2.75, 3.05) is 0 Å². The minimum Gasteiger partial charge on any atom is -0.894 e. The predicted molar refractivity (Wildman–Crippen MR) is 11.5 cm³/mol. The fourth-order valence-electron chi connectivity index (χ4n) is 0. The van der Waals surface area contributed by atoms with Gasteiger partial charge in [0.1, 0.15) is 0 Å². The summed E-state index contributed by atoms with van der Waals surface area (Å²) in [5, 5.41) is 0. The average Bonchev–Trinajstić information content (AvgIpc) is 0.722. The van der Waals surface area contributed by atoms with Crippen LogP contribution in [0.4, 0.5) is 0 Å². The van der Waals surface area contributed by atoms with Crippen molar-refractivity contribution < 1.29 is 68.6 Å². The van der Waals surface area contributed by atoms with Crippen LogP contribution in [0.3, 0.4) is 0 Å². The van der Waals surface area contributed by atoms with Gasteiger partial charge in [-0.05, 0) is 0 Å². The Labute approximate surface area is 120 Å². The Morgan fingerprint density at radius 1 is 0.857 bits per heavy atom. The third-order valence-electron chi connectivity index (χ3n) is 0. The first-order chi connectivity index (χ1) is 2.00. The minimum absolute atomic E-state index is 0. The topological polar surface area (TPSA) is 92.2 Å². The van der Waals surface area contributed by atoms with Crippen LogP contribution in [-0.2, 0) is 0 Å². The van der Waals surface area contributed by atoms with E-state index in [9.17, 15) is 0 Å². The molecule has 7 heavy (non-hydrogen) atoms. The number of hydrogen-bond donors (Lipinski definition) is 0. The molecule has 0 unspecified atom stereocenters. The van der Waals surface area contributed by atoms with Crippen LogP contribution in [0.25, 0.3) is 0 Å². The van der Waals surface area contributed by atoms with E-state index >= 15 is 0 Å². The van der Waals surface area contributed by atoms with E-state index in [1.54, 1.807) is 0 Å². The van der Waals surface area contributed by atoms with Gasteiger partial charge in [0.25, 0.3) is 0 Å². The van der Waals surface area contributed by atoms with Crippen molar-refractivity contribution in [3.8, 4) is 0 Å². The van der Waals surface area contributed by atoms with Gasteiger partial charge in [-0.15, -0.1) is 0 Å². The van der Waals surface area contributed by atoms with Gasteiger partial charge >= 0.3 is 94.9 Å². The van der Waals surface area contributed by atoms with Crippen LogP contribution in [-0.4, -0.2) is 54.5 Å². The smallest absolute Gasteiger partial charge is 0.894 e. The fraction of sp³-hybridized carbons (Fsp3) is 0. The van der Waals surface area contributed by atoms with Crippen LogP contribution >= 0.6 is 0 Å². The zero-order valence-electron chi connectivity index (χ0n) is 3.22. The summed E-state index contributed by atoms with van der Waals surface area (Å²) in [5.74, 6) is 0. The van der Waals surface area contributed by atoms with Gasteiger partial charge in [0.05, 0.1) is 0 Å². The second kappa shape index (κ2) is 7.23. The molecular formula is EuO4SiSr+. The second-order valence-electron chi connectivity index (χ2n) is 0.500. The Hall–Kier alpha value is 3.12. The molecule has 0 aliphatic carbocycles. The molecule has 0 rings (SSSR count). The number of rotatable bonds is 0. The molecule has 0 bridgehead atoms. The largest absolute Gasteiger partial charge is 3.00 e. The fourth-order valence-corrected chi connectivity index (χ4v) is 0. The Bertz CT molecular complexity index is 27.2. The maximum atomic E-state index is 8.58. The molecule has 0 amide bonds. The van der Waals surface area contributed by atoms with Gasteiger partial charge < -0.3 is 28.2 Å². The molecule has 0 fully saturated rings. The summed E-state index contributed by atoms with van der Waals surface area (Å²) in [6, 6.07) is 0. The quantitative estimate of drug-likeness (QED) is 0.414. The van der Waals surface area contributed by atoms with E-state index in [4.69, 9.17) is 19.2 Å². The van der Waals surface area contributed by atoms with E-state index in [2.05, 4.69) is 0 Å². The molecule has 0 saturated carbocycles. The molecule has 0 radical (unpaired) electrons. The van der Waals surface area contributed by atoms with Crippen LogP contribution in [0.5, 0.6) is 0 Å². The Morgan fingerprint density at radius 2 is 0.857 bits per heavy atom. The monoisotopic (exact) mass is 333 g/mol. The summed E-state index contributed by atoms with van der Waals surface area (Å²) in [6.07, 6.45) is 0. The molecule has 36 valence electrons. The summed E-state index contributed by atoms with van der Waals surface area (Å²) in [4.78, 5) is 34.3. The molecule has 0 aliphatic rings. The van der Waals surface area contributed by atoms with Crippen molar-refractivity contribution in [1.82, 2.24) is 0 Å². The van der Waals surface area contributed by atoms with Gasteiger partial charge in [-0.25, -0.2) is 0 Å². The van der Waals surface area contributed by atoms with E-state index in [-0.39, 0.29) is 94.9 Å². The van der Waals surface area contributed by atoms with Crippen molar-refractivity contribution in [2.24, 2.45) is 0 Å². The third kappa shape index (κ3) is 47.5. The van der Waals surface area contributed by atoms with Crippen LogP contribution < -0.4 is 19.2 Å². The van der Waals surface area contributed by atoms with Gasteiger partial charge in [-0.2, -0.15) is 0 Å². The van der Waals surface area contributed by atoms with Gasteiger partial charge in [0.2, 0.25) is 0 Å². The summed E-state index contributed by atoms with van der Waals surface area (Å²) >= 11 is 0. The van der Waals surface area contributed by atoms with Crippen molar-refractivity contribution in [3.05, 3.63) is 0 Å². The molecule has 0 atom stereocenters. The first-order valence-electron chi connectivity index (χ1n) is 0.816. The molecule has 0 aromatic heterocycles. The van der Waals surface area contributed by atoms with Crippen molar-refractivity contribution in [2.45, 2.75) is 0 Å². The first kappa shape index (κ1) is 16.6. The molecular weight excluding hydrogens is 332 g/mol. The van der Waals surface area contributed by atoms with Crippen molar-refractivity contribution in [1.29, 1.82) is 0 Å². The summed E-state index contributed by atoms with van der Waals surface area (Å²) in [5.41, 5.74) is 0. The zero-order valence-corrected chi connectivity index (χ0v) is 10.1. The molecule has 0 aliphatic heterocycles. The van der Waals surface area contributed by atoms with Crippen molar-refractivity contribution >= 4 is 54.5 Å². The number of hydrogen-bond acceptors (Lipinski definition) is 4. The SMILES string of the molecule is [Eu+3].[O-][Si]([O-])([O-])[O-].[Sr+2]. The van der Waals surface area contributed by atoms with Gasteiger partial charge in [-0.1, -0.05) is 0 Å². The first-order valence-corrected chi connectivity index (χ1v) is 2.45. The zero-order chi connectivity index (χ0) is 4.50. The maximum absolute atomic E-state index is 8.58. The molecule has 0 saturated heterocycles. The molecule has 0 aromatic carbocycles. The average molecular weight is 332 g/mol. The standard InChI is InChI=1S/Eu.O4Si.Sr/c;1-5(2,3)4;/q+3;-4;+2. The van der Waals surface area contributed by atoms with Crippen molar-refractivity contribution in [3.63, 3.8) is 0 Å². The molecule has 0 N–H and O–H groups in total. The van der Waals surface area contributed by atoms with E-state index in [1.807, 2.05) is 0 Å². The van der Waals surface area contributed by atoms with Gasteiger partial charge in [-0.3, -0.25) is 0 Å².